The van der Waals surface area contributed by atoms with Crippen molar-refractivity contribution in [1.29, 1.82) is 0 Å². The van der Waals surface area contributed by atoms with Crippen LogP contribution in [0.15, 0.2) is 24.4 Å². The Kier molecular flexibility index (Phi) is 6.03. The molecule has 110 valence electrons. The zero-order chi connectivity index (χ0) is 15.1. The van der Waals surface area contributed by atoms with Gasteiger partial charge in [-0.3, -0.25) is 0 Å². The molecule has 0 aliphatic heterocycles. The van der Waals surface area contributed by atoms with Crippen molar-refractivity contribution in [2.75, 3.05) is 6.61 Å². The van der Waals surface area contributed by atoms with Gasteiger partial charge in [0.15, 0.2) is 0 Å². The second kappa shape index (κ2) is 7.53. The number of aliphatic carboxylic acids is 1. The molecule has 0 bridgehead atoms. The van der Waals surface area contributed by atoms with E-state index >= 15 is 0 Å². The van der Waals surface area contributed by atoms with E-state index in [1.54, 1.807) is 22.9 Å². The minimum Gasteiger partial charge on any atom is -0.478 e. The molecule has 5 nitrogen and oxygen atoms in total. The molecule has 0 saturated carbocycles. The molecule has 0 aromatic carbocycles. The molecule has 1 N–H and O–H groups in total. The zero-order valence-corrected chi connectivity index (χ0v) is 12.1. The third-order valence-corrected chi connectivity index (χ3v) is 2.76. The van der Waals surface area contributed by atoms with Gasteiger partial charge in [0.05, 0.1) is 6.61 Å². The Bertz CT molecular complexity index is 488. The summed E-state index contributed by atoms with van der Waals surface area (Å²) in [4.78, 5) is 22.7. The highest BCUT2D eigenvalue weighted by atomic mass is 16.5. The van der Waals surface area contributed by atoms with Crippen molar-refractivity contribution in [3.05, 3.63) is 30.1 Å². The maximum atomic E-state index is 12.1. The van der Waals surface area contributed by atoms with E-state index in [4.69, 9.17) is 9.84 Å². The minimum absolute atomic E-state index is 0.285. The fourth-order valence-corrected chi connectivity index (χ4v) is 1.81. The van der Waals surface area contributed by atoms with Crippen LogP contribution in [0.3, 0.4) is 0 Å². The molecule has 0 aliphatic rings. The molecule has 20 heavy (non-hydrogen) atoms. The molecule has 1 unspecified atom stereocenters. The highest BCUT2D eigenvalue weighted by molar-refractivity contribution is 5.85. The van der Waals surface area contributed by atoms with Crippen LogP contribution in [0, 0.1) is 5.92 Å². The number of nitrogens with zero attached hydrogens (tertiary/aromatic N) is 1. The van der Waals surface area contributed by atoms with Crippen molar-refractivity contribution in [3.63, 3.8) is 0 Å². The van der Waals surface area contributed by atoms with Crippen LogP contribution in [0.25, 0.3) is 6.08 Å². The van der Waals surface area contributed by atoms with Crippen molar-refractivity contribution < 1.29 is 19.4 Å². The van der Waals surface area contributed by atoms with E-state index < -0.39 is 12.0 Å². The summed E-state index contributed by atoms with van der Waals surface area (Å²) >= 11 is 0. The zero-order valence-electron chi connectivity index (χ0n) is 12.1. The Labute approximate surface area is 118 Å². The number of aromatic nitrogens is 1. The van der Waals surface area contributed by atoms with Crippen LogP contribution in [-0.2, 0) is 14.3 Å². The van der Waals surface area contributed by atoms with Crippen LogP contribution in [-0.4, -0.2) is 28.2 Å². The number of hydrogen-bond acceptors (Lipinski definition) is 3. The first kappa shape index (κ1) is 16.0. The molecule has 0 saturated heterocycles. The molecular formula is C15H21NO4. The van der Waals surface area contributed by atoms with Crippen molar-refractivity contribution in [2.24, 2.45) is 5.92 Å². The van der Waals surface area contributed by atoms with E-state index in [0.717, 1.165) is 6.08 Å². The molecule has 1 heterocycles. The van der Waals surface area contributed by atoms with Crippen LogP contribution >= 0.6 is 0 Å². The van der Waals surface area contributed by atoms with Crippen molar-refractivity contribution in [1.82, 2.24) is 4.57 Å². The average molecular weight is 279 g/mol. The van der Waals surface area contributed by atoms with Gasteiger partial charge in [-0.15, -0.1) is 0 Å². The fraction of sp³-hybridized carbons (Fsp3) is 0.467. The molecule has 0 amide bonds. The monoisotopic (exact) mass is 279 g/mol. The maximum Gasteiger partial charge on any atom is 0.329 e. The fourth-order valence-electron chi connectivity index (χ4n) is 1.81. The first-order valence-electron chi connectivity index (χ1n) is 6.70. The molecular weight excluding hydrogens is 258 g/mol. The van der Waals surface area contributed by atoms with Gasteiger partial charge < -0.3 is 14.4 Å². The Hall–Kier alpha value is -2.04. The first-order valence-corrected chi connectivity index (χ1v) is 6.70. The molecule has 1 aromatic heterocycles. The Balaban J connectivity index is 2.87. The summed E-state index contributed by atoms with van der Waals surface area (Å²) in [5, 5.41) is 8.67. The van der Waals surface area contributed by atoms with Gasteiger partial charge in [0.2, 0.25) is 0 Å². The van der Waals surface area contributed by atoms with Crippen LogP contribution in [0.1, 0.15) is 38.9 Å². The number of hydrogen-bond donors (Lipinski definition) is 1. The number of esters is 1. The molecule has 0 aliphatic carbocycles. The summed E-state index contributed by atoms with van der Waals surface area (Å²) in [5.74, 6) is -1.02. The highest BCUT2D eigenvalue weighted by Gasteiger charge is 2.21. The molecule has 1 atom stereocenters. The van der Waals surface area contributed by atoms with Gasteiger partial charge >= 0.3 is 11.9 Å². The smallest absolute Gasteiger partial charge is 0.329 e. The summed E-state index contributed by atoms with van der Waals surface area (Å²) in [6.07, 6.45) is 4.87. The van der Waals surface area contributed by atoms with Gasteiger partial charge in [-0.2, -0.15) is 0 Å². The summed E-state index contributed by atoms with van der Waals surface area (Å²) in [6.45, 7) is 6.23. The number of carboxylic acids is 1. The number of rotatable bonds is 7. The van der Waals surface area contributed by atoms with Gasteiger partial charge in [-0.05, 0) is 30.5 Å². The SMILES string of the molecule is CCC(C(=O)OCC(C)C)n1cccc1/C=C/C(=O)O. The lowest BCUT2D eigenvalue weighted by atomic mass is 10.2. The van der Waals surface area contributed by atoms with Crippen LogP contribution in [0.2, 0.25) is 0 Å². The predicted octanol–water partition coefficient (Wildman–Crippen LogP) is 2.74. The van der Waals surface area contributed by atoms with Crippen molar-refractivity contribution in [3.8, 4) is 0 Å². The molecule has 1 aromatic rings. The largest absolute Gasteiger partial charge is 0.478 e. The van der Waals surface area contributed by atoms with Gasteiger partial charge in [0.25, 0.3) is 0 Å². The number of ether oxygens (including phenoxy) is 1. The Morgan fingerprint density at radius 1 is 1.45 bits per heavy atom. The molecule has 1 rings (SSSR count). The van der Waals surface area contributed by atoms with Crippen molar-refractivity contribution in [2.45, 2.75) is 33.2 Å². The lowest BCUT2D eigenvalue weighted by Crippen LogP contribution is -2.23. The summed E-state index contributed by atoms with van der Waals surface area (Å²) < 4.78 is 7.00. The third-order valence-electron chi connectivity index (χ3n) is 2.76. The van der Waals surface area contributed by atoms with E-state index in [1.807, 2.05) is 20.8 Å². The van der Waals surface area contributed by atoms with Crippen LogP contribution in [0.4, 0.5) is 0 Å². The molecule has 0 spiro atoms. The van der Waals surface area contributed by atoms with Crippen LogP contribution < -0.4 is 0 Å². The number of carbonyl (C=O) groups excluding carboxylic acids is 1. The Morgan fingerprint density at radius 2 is 2.15 bits per heavy atom. The second-order valence-electron chi connectivity index (χ2n) is 4.96. The maximum absolute atomic E-state index is 12.1. The first-order chi connectivity index (χ1) is 9.45. The molecule has 0 radical (unpaired) electrons. The minimum atomic E-state index is -1.02. The summed E-state index contributed by atoms with van der Waals surface area (Å²) in [5.41, 5.74) is 0.667. The highest BCUT2D eigenvalue weighted by Crippen LogP contribution is 2.18. The standard InChI is InChI=1S/C15H21NO4/c1-4-13(15(19)20-10-11(2)3)16-9-5-6-12(16)7-8-14(17)18/h5-9,11,13H,4,10H2,1-3H3,(H,17,18)/b8-7+. The van der Waals surface area contributed by atoms with Gasteiger partial charge in [0, 0.05) is 18.0 Å². The van der Waals surface area contributed by atoms with Crippen LogP contribution in [0.5, 0.6) is 0 Å². The average Bonchev–Trinajstić information content (AvgIpc) is 2.83. The third kappa shape index (κ3) is 4.57. The molecule has 0 fully saturated rings. The summed E-state index contributed by atoms with van der Waals surface area (Å²) in [7, 11) is 0. The van der Waals surface area contributed by atoms with E-state index in [2.05, 4.69) is 0 Å². The van der Waals surface area contributed by atoms with E-state index in [9.17, 15) is 9.59 Å². The number of carboxylic acid groups (broad SMARTS) is 1. The molecule has 5 heteroatoms. The lowest BCUT2D eigenvalue weighted by Gasteiger charge is -2.18. The van der Waals surface area contributed by atoms with E-state index in [-0.39, 0.29) is 11.9 Å². The Morgan fingerprint density at radius 3 is 2.70 bits per heavy atom. The van der Waals surface area contributed by atoms with Gasteiger partial charge in [-0.1, -0.05) is 20.8 Å². The summed E-state index contributed by atoms with van der Waals surface area (Å²) in [6, 6.07) is 3.11. The van der Waals surface area contributed by atoms with Gasteiger partial charge in [0.1, 0.15) is 6.04 Å². The van der Waals surface area contributed by atoms with E-state index in [1.165, 1.54) is 6.08 Å². The predicted molar refractivity (Wildman–Crippen MR) is 76.2 cm³/mol. The van der Waals surface area contributed by atoms with Gasteiger partial charge in [-0.25, -0.2) is 9.59 Å². The topological polar surface area (TPSA) is 68.5 Å². The number of carbonyl (C=O) groups is 2. The normalized spacial score (nSPS) is 12.8. The lowest BCUT2D eigenvalue weighted by molar-refractivity contribution is -0.148. The quantitative estimate of drug-likeness (QED) is 0.615. The van der Waals surface area contributed by atoms with E-state index in [0.29, 0.717) is 18.7 Å². The second-order valence-corrected chi connectivity index (χ2v) is 4.96. The van der Waals surface area contributed by atoms with Crippen molar-refractivity contribution >= 4 is 18.0 Å².